The number of aromatic nitrogens is 1. The summed E-state index contributed by atoms with van der Waals surface area (Å²) in [4.78, 5) is 4.17. The topological polar surface area (TPSA) is 57.2 Å². The van der Waals surface area contributed by atoms with Crippen LogP contribution < -0.4 is 10.6 Å². The van der Waals surface area contributed by atoms with E-state index in [-0.39, 0.29) is 6.10 Å². The first-order valence-electron chi connectivity index (χ1n) is 6.35. The van der Waals surface area contributed by atoms with Crippen molar-refractivity contribution < 1.29 is 5.11 Å². The molecule has 94 valence electrons. The van der Waals surface area contributed by atoms with E-state index in [0.29, 0.717) is 5.92 Å². The maximum absolute atomic E-state index is 9.88. The van der Waals surface area contributed by atoms with Gasteiger partial charge in [-0.15, -0.1) is 0 Å². The lowest BCUT2D eigenvalue weighted by atomic mass is 9.86. The van der Waals surface area contributed by atoms with Gasteiger partial charge in [-0.05, 0) is 18.9 Å². The summed E-state index contributed by atoms with van der Waals surface area (Å²) in [5.74, 6) is 1.24. The Hall–Kier alpha value is -1.29. The van der Waals surface area contributed by atoms with Crippen LogP contribution in [-0.2, 0) is 0 Å². The maximum atomic E-state index is 9.88. The smallest absolute Gasteiger partial charge is 0.127 e. The van der Waals surface area contributed by atoms with Crippen LogP contribution in [0.2, 0.25) is 0 Å². The van der Waals surface area contributed by atoms with Gasteiger partial charge in [0.1, 0.15) is 5.82 Å². The van der Waals surface area contributed by atoms with Crippen LogP contribution in [0.15, 0.2) is 18.3 Å². The average molecular weight is 235 g/mol. The quantitative estimate of drug-likeness (QED) is 0.748. The molecule has 3 N–H and O–H groups in total. The van der Waals surface area contributed by atoms with Crippen molar-refractivity contribution in [1.29, 1.82) is 0 Å². The fourth-order valence-electron chi connectivity index (χ4n) is 2.35. The van der Waals surface area contributed by atoms with Crippen molar-refractivity contribution in [3.63, 3.8) is 0 Å². The standard InChI is InChI=1S/C13H21N3O/c1-14-13-8-11(6-7-15-13)16-9-10-4-2-3-5-12(10)17/h6-8,10,12,17H,2-5,9H2,1H3,(H2,14,15,16). The van der Waals surface area contributed by atoms with Gasteiger partial charge < -0.3 is 15.7 Å². The van der Waals surface area contributed by atoms with E-state index in [1.807, 2.05) is 19.2 Å². The first-order chi connectivity index (χ1) is 8.29. The zero-order valence-electron chi connectivity index (χ0n) is 10.3. The highest BCUT2D eigenvalue weighted by molar-refractivity contribution is 5.51. The highest BCUT2D eigenvalue weighted by Gasteiger charge is 2.22. The largest absolute Gasteiger partial charge is 0.393 e. The molecule has 0 amide bonds. The molecule has 1 heterocycles. The Balaban J connectivity index is 1.88. The Bertz CT molecular complexity index is 356. The lowest BCUT2D eigenvalue weighted by molar-refractivity contribution is 0.0763. The van der Waals surface area contributed by atoms with Crippen LogP contribution in [0.5, 0.6) is 0 Å². The molecule has 4 heteroatoms. The van der Waals surface area contributed by atoms with Gasteiger partial charge in [-0.1, -0.05) is 12.8 Å². The molecule has 2 rings (SSSR count). The predicted octanol–water partition coefficient (Wildman–Crippen LogP) is 2.09. The fraction of sp³-hybridized carbons (Fsp3) is 0.615. The number of nitrogens with zero attached hydrogens (tertiary/aromatic N) is 1. The van der Waals surface area contributed by atoms with Gasteiger partial charge in [-0.3, -0.25) is 0 Å². The summed E-state index contributed by atoms with van der Waals surface area (Å²) in [7, 11) is 1.86. The molecule has 0 bridgehead atoms. The van der Waals surface area contributed by atoms with Crippen LogP contribution in [0.3, 0.4) is 0 Å². The van der Waals surface area contributed by atoms with Crippen LogP contribution in [0.1, 0.15) is 25.7 Å². The molecule has 0 aliphatic heterocycles. The van der Waals surface area contributed by atoms with Gasteiger partial charge in [0.15, 0.2) is 0 Å². The number of hydrogen-bond donors (Lipinski definition) is 3. The SMILES string of the molecule is CNc1cc(NCC2CCCCC2O)ccn1. The molecular weight excluding hydrogens is 214 g/mol. The van der Waals surface area contributed by atoms with Gasteiger partial charge in [0.25, 0.3) is 0 Å². The number of rotatable bonds is 4. The normalized spacial score (nSPS) is 24.4. The molecule has 1 aliphatic carbocycles. The molecule has 17 heavy (non-hydrogen) atoms. The van der Waals surface area contributed by atoms with Crippen LogP contribution in [0.4, 0.5) is 11.5 Å². The summed E-state index contributed by atoms with van der Waals surface area (Å²) in [5.41, 5.74) is 1.06. The van der Waals surface area contributed by atoms with E-state index < -0.39 is 0 Å². The van der Waals surface area contributed by atoms with Crippen molar-refractivity contribution in [2.45, 2.75) is 31.8 Å². The van der Waals surface area contributed by atoms with Gasteiger partial charge >= 0.3 is 0 Å². The van der Waals surface area contributed by atoms with Crippen LogP contribution in [-0.4, -0.2) is 29.8 Å². The third kappa shape index (κ3) is 3.33. The van der Waals surface area contributed by atoms with E-state index in [1.165, 1.54) is 6.42 Å². The lowest BCUT2D eigenvalue weighted by Crippen LogP contribution is -2.30. The van der Waals surface area contributed by atoms with E-state index in [1.54, 1.807) is 6.20 Å². The second-order valence-electron chi connectivity index (χ2n) is 4.67. The number of aliphatic hydroxyl groups excluding tert-OH is 1. The number of pyridine rings is 1. The van der Waals surface area contributed by atoms with E-state index in [2.05, 4.69) is 15.6 Å². The predicted molar refractivity (Wildman–Crippen MR) is 70.2 cm³/mol. The van der Waals surface area contributed by atoms with Crippen LogP contribution in [0.25, 0.3) is 0 Å². The summed E-state index contributed by atoms with van der Waals surface area (Å²) >= 11 is 0. The number of aliphatic hydroxyl groups is 1. The first-order valence-corrected chi connectivity index (χ1v) is 6.35. The monoisotopic (exact) mass is 235 g/mol. The Morgan fingerprint density at radius 2 is 2.24 bits per heavy atom. The van der Waals surface area contributed by atoms with Crippen LogP contribution >= 0.6 is 0 Å². The van der Waals surface area contributed by atoms with Crippen molar-refractivity contribution in [3.8, 4) is 0 Å². The van der Waals surface area contributed by atoms with Gasteiger partial charge in [0, 0.05) is 37.5 Å². The van der Waals surface area contributed by atoms with Gasteiger partial charge in [-0.2, -0.15) is 0 Å². The van der Waals surface area contributed by atoms with E-state index >= 15 is 0 Å². The molecule has 0 radical (unpaired) electrons. The molecule has 2 unspecified atom stereocenters. The van der Waals surface area contributed by atoms with Crippen molar-refractivity contribution in [2.75, 3.05) is 24.2 Å². The second-order valence-corrected chi connectivity index (χ2v) is 4.67. The molecule has 0 spiro atoms. The fourth-order valence-corrected chi connectivity index (χ4v) is 2.35. The zero-order chi connectivity index (χ0) is 12.1. The van der Waals surface area contributed by atoms with Gasteiger partial charge in [-0.25, -0.2) is 4.98 Å². The summed E-state index contributed by atoms with van der Waals surface area (Å²) in [5, 5.41) is 16.3. The summed E-state index contributed by atoms with van der Waals surface area (Å²) in [6.45, 7) is 0.842. The summed E-state index contributed by atoms with van der Waals surface area (Å²) in [6.07, 6.45) is 6.12. The zero-order valence-corrected chi connectivity index (χ0v) is 10.3. The molecular formula is C13H21N3O. The molecule has 0 saturated heterocycles. The minimum Gasteiger partial charge on any atom is -0.393 e. The molecule has 1 aromatic rings. The van der Waals surface area contributed by atoms with Crippen LogP contribution in [0, 0.1) is 5.92 Å². The Morgan fingerprint density at radius 3 is 3.00 bits per heavy atom. The van der Waals surface area contributed by atoms with E-state index in [9.17, 15) is 5.11 Å². The number of nitrogens with one attached hydrogen (secondary N) is 2. The van der Waals surface area contributed by atoms with E-state index in [0.717, 1.165) is 37.3 Å². The third-order valence-electron chi connectivity index (χ3n) is 3.45. The second kappa shape index (κ2) is 5.87. The Kier molecular flexibility index (Phi) is 4.20. The molecule has 1 fully saturated rings. The van der Waals surface area contributed by atoms with Gasteiger partial charge in [0.05, 0.1) is 6.10 Å². The van der Waals surface area contributed by atoms with Crippen molar-refractivity contribution >= 4 is 11.5 Å². The minimum atomic E-state index is -0.137. The molecule has 1 saturated carbocycles. The number of anilines is 2. The highest BCUT2D eigenvalue weighted by atomic mass is 16.3. The van der Waals surface area contributed by atoms with Crippen molar-refractivity contribution in [3.05, 3.63) is 18.3 Å². The number of hydrogen-bond acceptors (Lipinski definition) is 4. The van der Waals surface area contributed by atoms with E-state index in [4.69, 9.17) is 0 Å². The molecule has 2 atom stereocenters. The highest BCUT2D eigenvalue weighted by Crippen LogP contribution is 2.24. The molecule has 4 nitrogen and oxygen atoms in total. The van der Waals surface area contributed by atoms with Crippen molar-refractivity contribution in [2.24, 2.45) is 5.92 Å². The van der Waals surface area contributed by atoms with Crippen molar-refractivity contribution in [1.82, 2.24) is 4.98 Å². The Morgan fingerprint density at radius 1 is 1.41 bits per heavy atom. The molecule has 1 aromatic heterocycles. The summed E-state index contributed by atoms with van der Waals surface area (Å²) < 4.78 is 0. The lowest BCUT2D eigenvalue weighted by Gasteiger charge is -2.28. The summed E-state index contributed by atoms with van der Waals surface area (Å²) in [6, 6.07) is 3.94. The maximum Gasteiger partial charge on any atom is 0.127 e. The van der Waals surface area contributed by atoms with Gasteiger partial charge in [0.2, 0.25) is 0 Å². The minimum absolute atomic E-state index is 0.137. The average Bonchev–Trinajstić information content (AvgIpc) is 2.38. The third-order valence-corrected chi connectivity index (χ3v) is 3.45. The molecule has 0 aromatic carbocycles. The molecule has 1 aliphatic rings. The first kappa shape index (κ1) is 12.2. The Labute approximate surface area is 102 Å².